The first-order chi connectivity index (χ1) is 11.4. The van der Waals surface area contributed by atoms with Crippen molar-refractivity contribution < 1.29 is 34.2 Å². The standard InChI is InChI=1S/C19H15N4.Na/c1-4-10-16(11-5-1)19-20-21-23(18-14-8-3-9-15-18)22(19)17-12-6-2-7-13-17;/h1-15H;/q2*+1. The van der Waals surface area contributed by atoms with Gasteiger partial charge in [-0.1, -0.05) is 54.6 Å². The zero-order valence-electron chi connectivity index (χ0n) is 13.4. The van der Waals surface area contributed by atoms with E-state index in [2.05, 4.69) is 22.4 Å². The second-order valence-electron chi connectivity index (χ2n) is 5.15. The molecule has 0 amide bonds. The van der Waals surface area contributed by atoms with Crippen LogP contribution in [0.15, 0.2) is 91.0 Å². The Bertz CT molecular complexity index is 849. The number of nitrogens with zero attached hydrogens (tertiary/aromatic N) is 4. The van der Waals surface area contributed by atoms with Crippen LogP contribution in [0, 0.1) is 0 Å². The second kappa shape index (κ2) is 7.53. The average molecular weight is 322 g/mol. The van der Waals surface area contributed by atoms with Gasteiger partial charge in [-0.15, -0.1) is 4.68 Å². The van der Waals surface area contributed by atoms with Crippen molar-refractivity contribution in [2.24, 2.45) is 0 Å². The first kappa shape index (κ1) is 16.6. The van der Waals surface area contributed by atoms with E-state index < -0.39 is 0 Å². The quantitative estimate of drug-likeness (QED) is 0.399. The third-order valence-electron chi connectivity index (χ3n) is 3.63. The minimum Gasteiger partial charge on any atom is -0.115 e. The van der Waals surface area contributed by atoms with Gasteiger partial charge < -0.3 is 0 Å². The van der Waals surface area contributed by atoms with Crippen LogP contribution in [0.1, 0.15) is 0 Å². The summed E-state index contributed by atoms with van der Waals surface area (Å²) in [5, 5.41) is 8.78. The Hall–Kier alpha value is -2.27. The Kier molecular flexibility index (Phi) is 5.20. The molecule has 3 aromatic carbocycles. The van der Waals surface area contributed by atoms with Gasteiger partial charge in [0.15, 0.2) is 5.21 Å². The van der Waals surface area contributed by atoms with Crippen molar-refractivity contribution in [1.82, 2.24) is 15.1 Å². The zero-order chi connectivity index (χ0) is 15.5. The fraction of sp³-hybridized carbons (Fsp3) is 0. The van der Waals surface area contributed by atoms with Crippen LogP contribution in [-0.4, -0.2) is 15.1 Å². The molecule has 5 heteroatoms. The van der Waals surface area contributed by atoms with E-state index in [1.54, 1.807) is 0 Å². The maximum absolute atomic E-state index is 4.42. The van der Waals surface area contributed by atoms with Gasteiger partial charge in [0.05, 0.1) is 5.56 Å². The summed E-state index contributed by atoms with van der Waals surface area (Å²) in [5.74, 6) is 0.806. The molecule has 0 N–H and O–H groups in total. The van der Waals surface area contributed by atoms with Crippen molar-refractivity contribution in [1.29, 1.82) is 0 Å². The van der Waals surface area contributed by atoms with E-state index in [1.807, 2.05) is 88.3 Å². The van der Waals surface area contributed by atoms with Crippen LogP contribution >= 0.6 is 0 Å². The number of benzene rings is 3. The molecule has 4 rings (SSSR count). The number of aromatic nitrogens is 4. The summed E-state index contributed by atoms with van der Waals surface area (Å²) in [4.78, 5) is 1.82. The summed E-state index contributed by atoms with van der Waals surface area (Å²) < 4.78 is 2.02. The van der Waals surface area contributed by atoms with E-state index in [0.717, 1.165) is 22.8 Å². The fourth-order valence-electron chi connectivity index (χ4n) is 2.55. The van der Waals surface area contributed by atoms with E-state index >= 15 is 0 Å². The van der Waals surface area contributed by atoms with E-state index in [-0.39, 0.29) is 29.6 Å². The molecule has 0 aliphatic carbocycles. The molecule has 0 spiro atoms. The van der Waals surface area contributed by atoms with Gasteiger partial charge in [-0.2, -0.15) is 0 Å². The zero-order valence-corrected chi connectivity index (χ0v) is 15.4. The molecule has 0 aliphatic heterocycles. The molecule has 0 radical (unpaired) electrons. The Balaban J connectivity index is 0.00000169. The number of tetrazole rings is 1. The van der Waals surface area contributed by atoms with Crippen LogP contribution < -0.4 is 34.2 Å². The third kappa shape index (κ3) is 3.17. The molecular weight excluding hydrogens is 307 g/mol. The minimum atomic E-state index is 0. The average Bonchev–Trinajstić information content (AvgIpc) is 3.09. The maximum Gasteiger partial charge on any atom is 1.00 e. The Labute approximate surface area is 162 Å². The van der Waals surface area contributed by atoms with Crippen LogP contribution in [0.3, 0.4) is 0 Å². The predicted octanol–water partition coefficient (Wildman–Crippen LogP) is 0.215. The summed E-state index contributed by atoms with van der Waals surface area (Å²) in [7, 11) is 0. The summed E-state index contributed by atoms with van der Waals surface area (Å²) in [6, 6.07) is 30.2. The molecule has 1 aromatic heterocycles. The Morgan fingerprint density at radius 3 is 1.83 bits per heavy atom. The molecule has 0 bridgehead atoms. The van der Waals surface area contributed by atoms with E-state index in [4.69, 9.17) is 0 Å². The molecule has 24 heavy (non-hydrogen) atoms. The van der Waals surface area contributed by atoms with Gasteiger partial charge >= 0.3 is 35.4 Å². The van der Waals surface area contributed by atoms with Gasteiger partial charge in [0.25, 0.3) is 0 Å². The SMILES string of the molecule is [Na+].c1ccc(-c2nnn(-c3ccccc3)[n+]2-c2ccccc2)cc1. The van der Waals surface area contributed by atoms with Gasteiger partial charge in [0.1, 0.15) is 16.5 Å². The van der Waals surface area contributed by atoms with Gasteiger partial charge in [-0.25, -0.2) is 0 Å². The van der Waals surface area contributed by atoms with Crippen molar-refractivity contribution in [2.75, 3.05) is 0 Å². The molecule has 1 heterocycles. The number of para-hydroxylation sites is 2. The largest absolute Gasteiger partial charge is 1.00 e. The molecule has 0 saturated heterocycles. The number of rotatable bonds is 3. The number of hydrogen-bond acceptors (Lipinski definition) is 2. The van der Waals surface area contributed by atoms with Crippen molar-refractivity contribution in [3.05, 3.63) is 91.0 Å². The fourth-order valence-corrected chi connectivity index (χ4v) is 2.55. The topological polar surface area (TPSA) is 34.6 Å². The molecule has 110 valence electrons. The van der Waals surface area contributed by atoms with Gasteiger partial charge in [-0.05, 0) is 41.2 Å². The maximum atomic E-state index is 4.42. The van der Waals surface area contributed by atoms with Crippen LogP contribution in [0.2, 0.25) is 0 Å². The summed E-state index contributed by atoms with van der Waals surface area (Å²) >= 11 is 0. The van der Waals surface area contributed by atoms with Crippen molar-refractivity contribution in [2.45, 2.75) is 0 Å². The second-order valence-corrected chi connectivity index (χ2v) is 5.15. The number of hydrogen-bond donors (Lipinski definition) is 0. The van der Waals surface area contributed by atoms with Crippen LogP contribution in [0.25, 0.3) is 22.8 Å². The molecule has 0 atom stereocenters. The van der Waals surface area contributed by atoms with Crippen LogP contribution in [0.5, 0.6) is 0 Å². The molecule has 0 fully saturated rings. The first-order valence-corrected chi connectivity index (χ1v) is 7.48. The molecule has 0 aliphatic rings. The molecular formula is C19H15N4Na+2. The molecule has 4 nitrogen and oxygen atoms in total. The van der Waals surface area contributed by atoms with E-state index in [1.165, 1.54) is 0 Å². The predicted molar refractivity (Wildman–Crippen MR) is 88.3 cm³/mol. The van der Waals surface area contributed by atoms with Gasteiger partial charge in [0.2, 0.25) is 0 Å². The molecule has 4 aromatic rings. The van der Waals surface area contributed by atoms with Crippen molar-refractivity contribution in [3.8, 4) is 22.8 Å². The smallest absolute Gasteiger partial charge is 0.115 e. The van der Waals surface area contributed by atoms with Crippen molar-refractivity contribution in [3.63, 3.8) is 0 Å². The van der Waals surface area contributed by atoms with Gasteiger partial charge in [-0.3, -0.25) is 0 Å². The molecule has 0 saturated carbocycles. The first-order valence-electron chi connectivity index (χ1n) is 7.48. The summed E-state index contributed by atoms with van der Waals surface area (Å²) in [6.45, 7) is 0. The van der Waals surface area contributed by atoms with E-state index in [9.17, 15) is 0 Å². The van der Waals surface area contributed by atoms with E-state index in [0.29, 0.717) is 0 Å². The Morgan fingerprint density at radius 2 is 1.21 bits per heavy atom. The van der Waals surface area contributed by atoms with Crippen LogP contribution in [-0.2, 0) is 0 Å². The normalized spacial score (nSPS) is 10.2. The van der Waals surface area contributed by atoms with Crippen molar-refractivity contribution >= 4 is 0 Å². The minimum absolute atomic E-state index is 0. The van der Waals surface area contributed by atoms with Gasteiger partial charge in [0, 0.05) is 0 Å². The summed E-state index contributed by atoms with van der Waals surface area (Å²) in [6.07, 6.45) is 0. The monoisotopic (exact) mass is 322 g/mol. The third-order valence-corrected chi connectivity index (χ3v) is 3.63. The Morgan fingerprint density at radius 1 is 0.667 bits per heavy atom. The van der Waals surface area contributed by atoms with Crippen LogP contribution in [0.4, 0.5) is 0 Å². The summed E-state index contributed by atoms with van der Waals surface area (Å²) in [5.41, 5.74) is 3.00. The molecule has 0 unspecified atom stereocenters.